The molecule has 174 valence electrons. The summed E-state index contributed by atoms with van der Waals surface area (Å²) in [5.41, 5.74) is 5.65. The molecule has 1 heterocycles. The Bertz CT molecular complexity index is 1140. The summed E-state index contributed by atoms with van der Waals surface area (Å²) >= 11 is 0.854. The van der Waals surface area contributed by atoms with E-state index < -0.39 is 17.1 Å². The molecule has 3 rings (SSSR count). The van der Waals surface area contributed by atoms with Gasteiger partial charge in [0.15, 0.2) is 0 Å². The molecule has 0 bridgehead atoms. The Morgan fingerprint density at radius 2 is 1.82 bits per heavy atom. The lowest BCUT2D eigenvalue weighted by atomic mass is 9.96. The lowest BCUT2D eigenvalue weighted by molar-refractivity contribution is -0.127. The second-order valence-electron chi connectivity index (χ2n) is 8.45. The van der Waals surface area contributed by atoms with Crippen LogP contribution in [-0.2, 0) is 9.59 Å². The first-order valence-corrected chi connectivity index (χ1v) is 11.8. The zero-order valence-corrected chi connectivity index (χ0v) is 20.8. The average Bonchev–Trinajstić information content (AvgIpc) is 3.00. The molecule has 1 fully saturated rings. The standard InChI is InChI=1S/C26H30N2O4S/c1-7-32-22-11-18(6)19(12-21(22)15(2)3)13-23-25(30)28(26(31)33-23)14-24(29)27-20-9-8-16(4)17(5)10-20/h8-13,15H,7,14H2,1-6H3,(H,27,29). The summed E-state index contributed by atoms with van der Waals surface area (Å²) < 4.78 is 5.77. The van der Waals surface area contributed by atoms with Crippen LogP contribution in [0.3, 0.4) is 0 Å². The summed E-state index contributed by atoms with van der Waals surface area (Å²) in [7, 11) is 0. The molecule has 6 nitrogen and oxygen atoms in total. The van der Waals surface area contributed by atoms with Crippen LogP contribution < -0.4 is 10.1 Å². The van der Waals surface area contributed by atoms with Gasteiger partial charge in [-0.15, -0.1) is 0 Å². The van der Waals surface area contributed by atoms with Gasteiger partial charge < -0.3 is 10.1 Å². The van der Waals surface area contributed by atoms with E-state index in [1.165, 1.54) is 0 Å². The Labute approximate surface area is 199 Å². The highest BCUT2D eigenvalue weighted by molar-refractivity contribution is 8.18. The largest absolute Gasteiger partial charge is 0.494 e. The lowest BCUT2D eigenvalue weighted by Gasteiger charge is -2.16. The van der Waals surface area contributed by atoms with Gasteiger partial charge in [0.05, 0.1) is 11.5 Å². The van der Waals surface area contributed by atoms with Gasteiger partial charge in [0, 0.05) is 5.69 Å². The van der Waals surface area contributed by atoms with Crippen LogP contribution in [-0.4, -0.2) is 35.1 Å². The number of hydrogen-bond donors (Lipinski definition) is 1. The molecule has 7 heteroatoms. The van der Waals surface area contributed by atoms with E-state index in [2.05, 4.69) is 19.2 Å². The van der Waals surface area contributed by atoms with Crippen LogP contribution >= 0.6 is 11.8 Å². The van der Waals surface area contributed by atoms with Crippen LogP contribution in [0.2, 0.25) is 0 Å². The number of imide groups is 1. The SMILES string of the molecule is CCOc1cc(C)c(C=C2SC(=O)N(CC(=O)Nc3ccc(C)c(C)c3)C2=O)cc1C(C)C. The number of rotatable bonds is 7. The number of thioether (sulfide) groups is 1. The van der Waals surface area contributed by atoms with E-state index in [1.807, 2.05) is 52.0 Å². The Morgan fingerprint density at radius 3 is 2.45 bits per heavy atom. The van der Waals surface area contributed by atoms with Gasteiger partial charge in [0.1, 0.15) is 12.3 Å². The quantitative estimate of drug-likeness (QED) is 0.521. The van der Waals surface area contributed by atoms with Crippen molar-refractivity contribution in [2.24, 2.45) is 0 Å². The van der Waals surface area contributed by atoms with E-state index in [-0.39, 0.29) is 12.5 Å². The average molecular weight is 467 g/mol. The van der Waals surface area contributed by atoms with Crippen molar-refractivity contribution in [1.29, 1.82) is 0 Å². The van der Waals surface area contributed by atoms with Gasteiger partial charge in [0.25, 0.3) is 11.1 Å². The third-order valence-electron chi connectivity index (χ3n) is 5.57. The number of nitrogens with zero attached hydrogens (tertiary/aromatic N) is 1. The fourth-order valence-corrected chi connectivity index (χ4v) is 4.37. The van der Waals surface area contributed by atoms with Crippen molar-refractivity contribution in [3.8, 4) is 5.75 Å². The molecule has 0 spiro atoms. The van der Waals surface area contributed by atoms with Crippen molar-refractivity contribution in [2.75, 3.05) is 18.5 Å². The molecule has 2 aromatic rings. The fraction of sp³-hybridized carbons (Fsp3) is 0.346. The van der Waals surface area contributed by atoms with Crippen molar-refractivity contribution in [3.05, 3.63) is 63.1 Å². The van der Waals surface area contributed by atoms with E-state index in [0.29, 0.717) is 17.2 Å². The van der Waals surface area contributed by atoms with E-state index in [9.17, 15) is 14.4 Å². The maximum absolute atomic E-state index is 12.9. The molecule has 0 atom stereocenters. The summed E-state index contributed by atoms with van der Waals surface area (Å²) in [6, 6.07) is 9.55. The van der Waals surface area contributed by atoms with Crippen molar-refractivity contribution >= 4 is 40.6 Å². The molecule has 0 radical (unpaired) electrons. The first-order chi connectivity index (χ1) is 15.6. The maximum Gasteiger partial charge on any atom is 0.294 e. The molecule has 1 aliphatic heterocycles. The molecule has 2 aromatic carbocycles. The highest BCUT2D eigenvalue weighted by atomic mass is 32.2. The Balaban J connectivity index is 1.78. The van der Waals surface area contributed by atoms with Crippen molar-refractivity contribution < 1.29 is 19.1 Å². The summed E-state index contributed by atoms with van der Waals surface area (Å²) in [5.74, 6) is 0.197. The van der Waals surface area contributed by atoms with Gasteiger partial charge in [-0.3, -0.25) is 19.3 Å². The zero-order valence-electron chi connectivity index (χ0n) is 19.9. The van der Waals surface area contributed by atoms with Gasteiger partial charge in [-0.05, 0) is 104 Å². The number of ether oxygens (including phenoxy) is 1. The minimum absolute atomic E-state index is 0.239. The predicted octanol–water partition coefficient (Wildman–Crippen LogP) is 5.81. The van der Waals surface area contributed by atoms with Crippen LogP contribution in [0.4, 0.5) is 10.5 Å². The molecule has 0 aromatic heterocycles. The number of hydrogen-bond acceptors (Lipinski definition) is 5. The van der Waals surface area contributed by atoms with Crippen LogP contribution in [0.25, 0.3) is 6.08 Å². The Hall–Kier alpha value is -3.06. The number of carbonyl (C=O) groups excluding carboxylic acids is 3. The van der Waals surface area contributed by atoms with Gasteiger partial charge in [-0.25, -0.2) is 0 Å². The number of benzene rings is 2. The van der Waals surface area contributed by atoms with Crippen molar-refractivity contribution in [1.82, 2.24) is 4.90 Å². The smallest absolute Gasteiger partial charge is 0.294 e. The second kappa shape index (κ2) is 10.3. The normalized spacial score (nSPS) is 15.0. The number of anilines is 1. The molecular formula is C26H30N2O4S. The highest BCUT2D eigenvalue weighted by Gasteiger charge is 2.36. The van der Waals surface area contributed by atoms with Crippen LogP contribution in [0.15, 0.2) is 35.2 Å². The minimum Gasteiger partial charge on any atom is -0.494 e. The lowest BCUT2D eigenvalue weighted by Crippen LogP contribution is -2.36. The van der Waals surface area contributed by atoms with Gasteiger partial charge in [-0.2, -0.15) is 0 Å². The summed E-state index contributed by atoms with van der Waals surface area (Å²) in [5, 5.41) is 2.31. The number of nitrogens with one attached hydrogen (secondary N) is 1. The van der Waals surface area contributed by atoms with E-state index in [1.54, 1.807) is 12.1 Å². The first kappa shape index (κ1) is 24.6. The minimum atomic E-state index is -0.459. The third-order valence-corrected chi connectivity index (χ3v) is 6.48. The Kier molecular flexibility index (Phi) is 7.64. The molecule has 0 unspecified atom stereocenters. The van der Waals surface area contributed by atoms with Gasteiger partial charge in [0.2, 0.25) is 5.91 Å². The molecular weight excluding hydrogens is 436 g/mol. The monoisotopic (exact) mass is 466 g/mol. The van der Waals surface area contributed by atoms with Crippen LogP contribution in [0, 0.1) is 20.8 Å². The molecule has 1 aliphatic rings. The second-order valence-corrected chi connectivity index (χ2v) is 9.44. The van der Waals surface area contributed by atoms with E-state index >= 15 is 0 Å². The third kappa shape index (κ3) is 5.66. The topological polar surface area (TPSA) is 75.7 Å². The summed E-state index contributed by atoms with van der Waals surface area (Å²) in [4.78, 5) is 39.2. The van der Waals surface area contributed by atoms with Crippen molar-refractivity contribution in [2.45, 2.75) is 47.5 Å². The molecule has 1 N–H and O–H groups in total. The van der Waals surface area contributed by atoms with Crippen LogP contribution in [0.1, 0.15) is 54.5 Å². The van der Waals surface area contributed by atoms with Gasteiger partial charge in [-0.1, -0.05) is 19.9 Å². The molecule has 0 saturated carbocycles. The number of carbonyl (C=O) groups is 3. The zero-order chi connectivity index (χ0) is 24.3. The van der Waals surface area contributed by atoms with Crippen LogP contribution in [0.5, 0.6) is 5.75 Å². The fourth-order valence-electron chi connectivity index (χ4n) is 3.54. The predicted molar refractivity (Wildman–Crippen MR) is 134 cm³/mol. The molecule has 1 saturated heterocycles. The summed E-state index contributed by atoms with van der Waals surface area (Å²) in [6.07, 6.45) is 1.73. The van der Waals surface area contributed by atoms with Crippen molar-refractivity contribution in [3.63, 3.8) is 0 Å². The number of aryl methyl sites for hydroxylation is 3. The van der Waals surface area contributed by atoms with E-state index in [4.69, 9.17) is 4.74 Å². The summed E-state index contributed by atoms with van der Waals surface area (Å²) in [6.45, 7) is 12.2. The van der Waals surface area contributed by atoms with Gasteiger partial charge >= 0.3 is 0 Å². The molecule has 3 amide bonds. The molecule has 33 heavy (non-hydrogen) atoms. The molecule has 0 aliphatic carbocycles. The maximum atomic E-state index is 12.9. The number of amides is 3. The Morgan fingerprint density at radius 1 is 1.09 bits per heavy atom. The van der Waals surface area contributed by atoms with E-state index in [0.717, 1.165) is 50.2 Å². The first-order valence-electron chi connectivity index (χ1n) is 11.0. The highest BCUT2D eigenvalue weighted by Crippen LogP contribution is 2.35.